The van der Waals surface area contributed by atoms with Crippen molar-refractivity contribution in [2.75, 3.05) is 13.6 Å². The fraction of sp³-hybridized carbons (Fsp3) is 0.250. The number of phenols is 3. The summed E-state index contributed by atoms with van der Waals surface area (Å²) in [5.74, 6) is -2.17. The van der Waals surface area contributed by atoms with Crippen LogP contribution in [0.2, 0.25) is 0 Å². The predicted molar refractivity (Wildman–Crippen MR) is 186 cm³/mol. The van der Waals surface area contributed by atoms with E-state index in [1.807, 2.05) is 12.1 Å². The Labute approximate surface area is 286 Å². The van der Waals surface area contributed by atoms with Crippen molar-refractivity contribution in [3.63, 3.8) is 0 Å². The number of likely N-dealkylation sites (tertiary alicyclic amines) is 1. The molecule has 9 rings (SSSR count). The van der Waals surface area contributed by atoms with Crippen molar-refractivity contribution < 1.29 is 45.0 Å². The molecule has 6 N–H and O–H groups in total. The monoisotopic (exact) mass is 673 g/mol. The Morgan fingerprint density at radius 3 is 2.00 bits per heavy atom. The lowest BCUT2D eigenvalue weighted by atomic mass is 9.53. The predicted octanol–water partition coefficient (Wildman–Crippen LogP) is 5.59. The lowest BCUT2D eigenvalue weighted by Gasteiger charge is -2.56. The maximum Gasteiger partial charge on any atom is 0.339 e. The van der Waals surface area contributed by atoms with Gasteiger partial charge in [-0.1, -0.05) is 66.7 Å². The number of carboxylic acids is 2. The summed E-state index contributed by atoms with van der Waals surface area (Å²) in [5, 5.41) is 63.4. The number of ether oxygens (including phenoxy) is 1. The van der Waals surface area contributed by atoms with Gasteiger partial charge in [-0.15, -0.1) is 0 Å². The van der Waals surface area contributed by atoms with Crippen LogP contribution in [0.4, 0.5) is 0 Å². The van der Waals surface area contributed by atoms with E-state index in [1.54, 1.807) is 54.6 Å². The molecule has 5 atom stereocenters. The second-order valence-corrected chi connectivity index (χ2v) is 13.7. The highest BCUT2D eigenvalue weighted by molar-refractivity contribution is 6.02. The number of piperidine rings is 1. The highest BCUT2D eigenvalue weighted by Gasteiger charge is 2.64. The zero-order valence-electron chi connectivity index (χ0n) is 27.1. The average molecular weight is 674 g/mol. The van der Waals surface area contributed by atoms with Gasteiger partial charge in [0.25, 0.3) is 0 Å². The molecule has 2 heterocycles. The van der Waals surface area contributed by atoms with Gasteiger partial charge in [-0.25, -0.2) is 9.59 Å². The van der Waals surface area contributed by atoms with Crippen molar-refractivity contribution >= 4 is 33.5 Å². The first kappa shape index (κ1) is 31.7. The highest BCUT2D eigenvalue weighted by atomic mass is 16.5. The molecule has 5 aromatic carbocycles. The Hall–Kier alpha value is -5.58. The van der Waals surface area contributed by atoms with Gasteiger partial charge >= 0.3 is 11.9 Å². The summed E-state index contributed by atoms with van der Waals surface area (Å²) in [5.41, 5.74) is 2.40. The molecule has 2 bridgehead atoms. The van der Waals surface area contributed by atoms with Gasteiger partial charge in [-0.05, 0) is 71.7 Å². The SMILES string of the molecule is CN1CC[C@]23c4c5ccc(O)c4O[C@H]2[C@@H](O)C=C[C@H]3[C@H]1C5.O=C(O)c1cc2ccccc2c(Cc2c(O)c(C(=O)O)cc3ccccc23)c1O. The van der Waals surface area contributed by atoms with Crippen LogP contribution in [0.25, 0.3) is 21.5 Å². The minimum Gasteiger partial charge on any atom is -0.507 e. The molecule has 0 saturated carbocycles. The number of nitrogens with zero attached hydrogens (tertiary/aromatic N) is 1. The van der Waals surface area contributed by atoms with Gasteiger partial charge in [0.2, 0.25) is 0 Å². The van der Waals surface area contributed by atoms with Crippen LogP contribution in [-0.2, 0) is 18.3 Å². The smallest absolute Gasteiger partial charge is 0.339 e. The van der Waals surface area contributed by atoms with Crippen molar-refractivity contribution in [1.29, 1.82) is 0 Å². The largest absolute Gasteiger partial charge is 0.507 e. The number of likely N-dealkylation sites (N-methyl/N-ethyl adjacent to an activating group) is 1. The standard InChI is InChI=1S/C23H16O6.C17H19NO3/c24-20-16(14-7-3-1-5-12(14)9-18(20)22(26)27)11-17-15-8-4-2-6-13(15)10-19(21(17)25)23(28)29;1-18-7-6-17-10-3-5-13(20)16(17)21-15-12(19)4-2-9(14(15)17)8-11(10)18/h1-10,24-25H,11H2,(H,26,27)(H,28,29);2-5,10-11,13,16,19-20H,6-8H2,1H3/t;10-,11+,13-,16-,17-/m.0/s1. The maximum absolute atomic E-state index is 11.6. The number of aliphatic hydroxyl groups excluding tert-OH is 1. The van der Waals surface area contributed by atoms with Gasteiger partial charge < -0.3 is 40.3 Å². The van der Waals surface area contributed by atoms with E-state index in [0.717, 1.165) is 19.4 Å². The number of carboxylic acid groups (broad SMARTS) is 2. The van der Waals surface area contributed by atoms with Crippen molar-refractivity contribution in [3.05, 3.63) is 118 Å². The molecule has 1 spiro atoms. The number of hydrogen-bond donors (Lipinski definition) is 6. The third kappa shape index (κ3) is 4.55. The second kappa shape index (κ2) is 11.5. The number of hydrogen-bond acceptors (Lipinski definition) is 8. The molecule has 10 nitrogen and oxygen atoms in total. The van der Waals surface area contributed by atoms with E-state index in [-0.39, 0.29) is 34.8 Å². The number of benzene rings is 5. The van der Waals surface area contributed by atoms with E-state index in [9.17, 15) is 40.2 Å². The molecule has 10 heteroatoms. The molecule has 0 aromatic heterocycles. The Kier molecular flexibility index (Phi) is 7.29. The van der Waals surface area contributed by atoms with Gasteiger partial charge in [0.05, 0.1) is 0 Å². The maximum atomic E-state index is 11.6. The summed E-state index contributed by atoms with van der Waals surface area (Å²) >= 11 is 0. The third-order valence-corrected chi connectivity index (χ3v) is 11.2. The first-order chi connectivity index (χ1) is 24.0. The van der Waals surface area contributed by atoms with E-state index in [2.05, 4.69) is 18.0 Å². The molecular weight excluding hydrogens is 638 g/mol. The number of fused-ring (bicyclic) bond motifs is 2. The normalized spacial score (nSPS) is 24.3. The second-order valence-electron chi connectivity index (χ2n) is 13.7. The van der Waals surface area contributed by atoms with Gasteiger partial charge in [-0.2, -0.15) is 0 Å². The zero-order valence-corrected chi connectivity index (χ0v) is 27.1. The molecular formula is C40H35NO9. The Bertz CT molecular complexity index is 2180. The topological polar surface area (TPSA) is 168 Å². The molecule has 4 aliphatic rings. The summed E-state index contributed by atoms with van der Waals surface area (Å²) in [6, 6.07) is 21.0. The number of rotatable bonds is 4. The lowest BCUT2D eigenvalue weighted by Crippen LogP contribution is -2.64. The average Bonchev–Trinajstić information content (AvgIpc) is 3.46. The van der Waals surface area contributed by atoms with E-state index in [1.165, 1.54) is 23.3 Å². The van der Waals surface area contributed by atoms with Crippen LogP contribution in [0.1, 0.15) is 49.4 Å². The van der Waals surface area contributed by atoms with E-state index in [4.69, 9.17) is 4.74 Å². The molecule has 0 amide bonds. The molecule has 1 fully saturated rings. The number of phenolic OH excluding ortho intramolecular Hbond substituents is 1. The van der Waals surface area contributed by atoms with Crippen LogP contribution in [0.3, 0.4) is 0 Å². The molecule has 50 heavy (non-hydrogen) atoms. The van der Waals surface area contributed by atoms with E-state index >= 15 is 0 Å². The van der Waals surface area contributed by atoms with Crippen LogP contribution in [0.15, 0.2) is 84.9 Å². The quantitative estimate of drug-likeness (QED) is 0.132. The molecule has 1 saturated heterocycles. The number of aromatic carboxylic acids is 2. The number of aliphatic hydroxyl groups is 1. The van der Waals surface area contributed by atoms with E-state index in [0.29, 0.717) is 50.4 Å². The number of carbonyl (C=O) groups is 2. The first-order valence-corrected chi connectivity index (χ1v) is 16.5. The fourth-order valence-corrected chi connectivity index (χ4v) is 8.92. The fourth-order valence-electron chi connectivity index (χ4n) is 8.92. The van der Waals surface area contributed by atoms with Crippen LogP contribution < -0.4 is 4.74 Å². The Balaban J connectivity index is 0.000000151. The van der Waals surface area contributed by atoms with Crippen molar-refractivity contribution in [3.8, 4) is 23.0 Å². The van der Waals surface area contributed by atoms with Gasteiger partial charge in [0, 0.05) is 40.5 Å². The van der Waals surface area contributed by atoms with Crippen molar-refractivity contribution in [2.24, 2.45) is 5.92 Å². The molecule has 254 valence electrons. The Morgan fingerprint density at radius 2 is 1.42 bits per heavy atom. The van der Waals surface area contributed by atoms with Gasteiger partial charge in [0.15, 0.2) is 11.5 Å². The summed E-state index contributed by atoms with van der Waals surface area (Å²) in [6.45, 7) is 1.01. The summed E-state index contributed by atoms with van der Waals surface area (Å²) < 4.78 is 6.09. The summed E-state index contributed by atoms with van der Waals surface area (Å²) in [6.07, 6.45) is 5.14. The lowest BCUT2D eigenvalue weighted by molar-refractivity contribution is -0.0453. The summed E-state index contributed by atoms with van der Waals surface area (Å²) in [4.78, 5) is 25.6. The van der Waals surface area contributed by atoms with Gasteiger partial charge in [-0.3, -0.25) is 0 Å². The van der Waals surface area contributed by atoms with Crippen LogP contribution >= 0.6 is 0 Å². The molecule has 2 aliphatic carbocycles. The zero-order chi connectivity index (χ0) is 35.1. The molecule has 2 aliphatic heterocycles. The van der Waals surface area contributed by atoms with Crippen LogP contribution in [0.5, 0.6) is 23.0 Å². The molecule has 5 aromatic rings. The molecule has 0 unspecified atom stereocenters. The first-order valence-electron chi connectivity index (χ1n) is 16.5. The van der Waals surface area contributed by atoms with Crippen LogP contribution in [0, 0.1) is 5.92 Å². The van der Waals surface area contributed by atoms with Crippen LogP contribution in [-0.4, -0.2) is 79.3 Å². The number of aromatic hydroxyl groups is 3. The molecule has 0 radical (unpaired) electrons. The Morgan fingerprint density at radius 1 is 0.840 bits per heavy atom. The van der Waals surface area contributed by atoms with Crippen molar-refractivity contribution in [1.82, 2.24) is 4.90 Å². The van der Waals surface area contributed by atoms with Crippen molar-refractivity contribution in [2.45, 2.75) is 42.9 Å². The minimum absolute atomic E-state index is 0.0407. The minimum atomic E-state index is -1.28. The third-order valence-electron chi connectivity index (χ3n) is 11.2. The van der Waals surface area contributed by atoms with Gasteiger partial charge in [0.1, 0.15) is 34.8 Å². The van der Waals surface area contributed by atoms with E-state index < -0.39 is 29.5 Å². The highest BCUT2D eigenvalue weighted by Crippen LogP contribution is 2.62. The summed E-state index contributed by atoms with van der Waals surface area (Å²) in [7, 11) is 2.19.